The second-order valence-corrected chi connectivity index (χ2v) is 4.66. The van der Waals surface area contributed by atoms with Crippen molar-refractivity contribution in [1.29, 1.82) is 0 Å². The molecule has 1 amide bonds. The van der Waals surface area contributed by atoms with E-state index in [1.807, 2.05) is 31.2 Å². The average molecular weight is 279 g/mol. The molecule has 0 saturated heterocycles. The van der Waals surface area contributed by atoms with Gasteiger partial charge in [0.15, 0.2) is 0 Å². The van der Waals surface area contributed by atoms with Gasteiger partial charge in [-0.15, -0.1) is 0 Å². The van der Waals surface area contributed by atoms with Gasteiger partial charge in [0, 0.05) is 6.54 Å². The average Bonchev–Trinajstić information content (AvgIpc) is 2.39. The smallest absolute Gasteiger partial charge is 0.308 e. The van der Waals surface area contributed by atoms with Crippen LogP contribution in [-0.4, -0.2) is 30.1 Å². The predicted octanol–water partition coefficient (Wildman–Crippen LogP) is 1.99. The van der Waals surface area contributed by atoms with Crippen LogP contribution in [0, 0.1) is 12.8 Å². The van der Waals surface area contributed by atoms with Crippen LogP contribution in [-0.2, 0) is 9.59 Å². The van der Waals surface area contributed by atoms with Crippen LogP contribution in [0.2, 0.25) is 0 Å². The van der Waals surface area contributed by atoms with E-state index < -0.39 is 11.9 Å². The summed E-state index contributed by atoms with van der Waals surface area (Å²) in [5, 5.41) is 11.5. The number of nitrogens with one attached hydrogen (secondary N) is 1. The molecule has 20 heavy (non-hydrogen) atoms. The van der Waals surface area contributed by atoms with Crippen LogP contribution < -0.4 is 10.1 Å². The molecule has 0 radical (unpaired) electrons. The highest BCUT2D eigenvalue weighted by Gasteiger charge is 2.15. The van der Waals surface area contributed by atoms with Crippen LogP contribution in [0.5, 0.6) is 5.75 Å². The Labute approximate surface area is 118 Å². The molecule has 0 spiro atoms. The molecule has 0 saturated carbocycles. The number of carboxylic acid groups (broad SMARTS) is 1. The largest absolute Gasteiger partial charge is 0.493 e. The van der Waals surface area contributed by atoms with Gasteiger partial charge in [-0.1, -0.05) is 19.1 Å². The molecule has 0 heterocycles. The Hall–Kier alpha value is -2.04. The van der Waals surface area contributed by atoms with E-state index in [0.717, 1.165) is 11.3 Å². The van der Waals surface area contributed by atoms with E-state index in [9.17, 15) is 9.59 Å². The molecule has 0 fully saturated rings. The first kappa shape index (κ1) is 16.0. The lowest BCUT2D eigenvalue weighted by molar-refractivity contribution is -0.141. The molecular formula is C15H21NO4. The van der Waals surface area contributed by atoms with Crippen molar-refractivity contribution in [3.8, 4) is 5.75 Å². The van der Waals surface area contributed by atoms with Gasteiger partial charge in [0.2, 0.25) is 5.91 Å². The summed E-state index contributed by atoms with van der Waals surface area (Å²) in [6.45, 7) is 4.19. The Morgan fingerprint density at radius 1 is 1.40 bits per heavy atom. The molecule has 1 rings (SSSR count). The van der Waals surface area contributed by atoms with Crippen molar-refractivity contribution < 1.29 is 19.4 Å². The van der Waals surface area contributed by atoms with Gasteiger partial charge in [-0.05, 0) is 31.0 Å². The van der Waals surface area contributed by atoms with Gasteiger partial charge in [0.25, 0.3) is 0 Å². The van der Waals surface area contributed by atoms with Crippen molar-refractivity contribution in [2.45, 2.75) is 26.7 Å². The van der Waals surface area contributed by atoms with E-state index in [2.05, 4.69) is 5.32 Å². The van der Waals surface area contributed by atoms with Crippen LogP contribution >= 0.6 is 0 Å². The van der Waals surface area contributed by atoms with E-state index in [0.29, 0.717) is 6.42 Å². The first-order valence-corrected chi connectivity index (χ1v) is 6.72. The molecule has 0 aromatic heterocycles. The Kier molecular flexibility index (Phi) is 6.56. The second-order valence-electron chi connectivity index (χ2n) is 4.66. The fraction of sp³-hybridized carbons (Fsp3) is 0.467. The fourth-order valence-electron chi connectivity index (χ4n) is 1.70. The molecule has 2 N–H and O–H groups in total. The molecule has 0 bridgehead atoms. The zero-order chi connectivity index (χ0) is 15.0. The molecular weight excluding hydrogens is 258 g/mol. The molecule has 1 unspecified atom stereocenters. The monoisotopic (exact) mass is 279 g/mol. The summed E-state index contributed by atoms with van der Waals surface area (Å²) in [5.74, 6) is -0.882. The van der Waals surface area contributed by atoms with Crippen LogP contribution in [0.15, 0.2) is 24.3 Å². The number of rotatable bonds is 8. The summed E-state index contributed by atoms with van der Waals surface area (Å²) in [6, 6.07) is 7.59. The van der Waals surface area contributed by atoms with E-state index in [1.54, 1.807) is 6.92 Å². The number of aryl methyl sites for hydroxylation is 1. The number of ether oxygens (including phenoxy) is 1. The molecule has 1 atom stereocenters. The maximum Gasteiger partial charge on any atom is 0.308 e. The van der Waals surface area contributed by atoms with E-state index >= 15 is 0 Å². The number of hydrogen-bond acceptors (Lipinski definition) is 3. The van der Waals surface area contributed by atoms with Gasteiger partial charge in [0.1, 0.15) is 5.75 Å². The molecule has 0 aliphatic rings. The molecule has 5 heteroatoms. The number of carboxylic acids is 1. The normalized spacial score (nSPS) is 11.7. The molecule has 5 nitrogen and oxygen atoms in total. The Morgan fingerprint density at radius 2 is 2.15 bits per heavy atom. The van der Waals surface area contributed by atoms with Crippen molar-refractivity contribution in [3.05, 3.63) is 29.8 Å². The van der Waals surface area contributed by atoms with Crippen molar-refractivity contribution in [2.75, 3.05) is 13.2 Å². The van der Waals surface area contributed by atoms with Gasteiger partial charge < -0.3 is 15.2 Å². The minimum Gasteiger partial charge on any atom is -0.493 e. The number of aliphatic carboxylic acids is 1. The maximum atomic E-state index is 11.6. The molecule has 0 aliphatic heterocycles. The lowest BCUT2D eigenvalue weighted by Gasteiger charge is -2.11. The van der Waals surface area contributed by atoms with Gasteiger partial charge in [-0.2, -0.15) is 0 Å². The topological polar surface area (TPSA) is 75.6 Å². The number of carbonyl (C=O) groups excluding carboxylic acids is 1. The van der Waals surface area contributed by atoms with Crippen LogP contribution in [0.1, 0.15) is 25.3 Å². The number of amides is 1. The number of benzene rings is 1. The first-order chi connectivity index (χ1) is 9.52. The summed E-state index contributed by atoms with van der Waals surface area (Å²) in [4.78, 5) is 22.4. The van der Waals surface area contributed by atoms with Gasteiger partial charge in [-0.25, -0.2) is 0 Å². The van der Waals surface area contributed by atoms with Gasteiger partial charge >= 0.3 is 5.97 Å². The van der Waals surface area contributed by atoms with Crippen LogP contribution in [0.25, 0.3) is 0 Å². The molecule has 110 valence electrons. The number of hydrogen-bond donors (Lipinski definition) is 2. The Balaban J connectivity index is 2.25. The minimum absolute atomic E-state index is 0.162. The Bertz CT molecular complexity index is 459. The maximum absolute atomic E-state index is 11.6. The van der Waals surface area contributed by atoms with E-state index in [4.69, 9.17) is 9.84 Å². The summed E-state index contributed by atoms with van der Waals surface area (Å²) in [5.41, 5.74) is 1.10. The summed E-state index contributed by atoms with van der Waals surface area (Å²) in [6.07, 6.45) is 0.708. The second kappa shape index (κ2) is 8.19. The Morgan fingerprint density at radius 3 is 2.75 bits per heavy atom. The fourth-order valence-corrected chi connectivity index (χ4v) is 1.70. The summed E-state index contributed by atoms with van der Waals surface area (Å²) >= 11 is 0. The summed E-state index contributed by atoms with van der Waals surface area (Å²) < 4.78 is 5.46. The van der Waals surface area contributed by atoms with E-state index in [-0.39, 0.29) is 25.5 Å². The lowest BCUT2D eigenvalue weighted by atomic mass is 10.1. The lowest BCUT2D eigenvalue weighted by Crippen LogP contribution is -2.33. The van der Waals surface area contributed by atoms with Crippen molar-refractivity contribution in [3.63, 3.8) is 0 Å². The third-order valence-corrected chi connectivity index (χ3v) is 2.98. The van der Waals surface area contributed by atoms with Crippen molar-refractivity contribution in [2.24, 2.45) is 5.92 Å². The standard InChI is InChI=1S/C15H21NO4/c1-3-12(15(18)19)10-16-14(17)7-8-20-13-6-4-5-11(2)9-13/h4-6,9,12H,3,7-8,10H2,1-2H3,(H,16,17)(H,18,19). The van der Waals surface area contributed by atoms with Gasteiger partial charge in [0.05, 0.1) is 18.9 Å². The number of carbonyl (C=O) groups is 2. The van der Waals surface area contributed by atoms with Gasteiger partial charge in [-0.3, -0.25) is 9.59 Å². The SMILES string of the molecule is CCC(CNC(=O)CCOc1cccc(C)c1)C(=O)O. The van der Waals surface area contributed by atoms with Crippen molar-refractivity contribution in [1.82, 2.24) is 5.32 Å². The summed E-state index contributed by atoms with van der Waals surface area (Å²) in [7, 11) is 0. The highest BCUT2D eigenvalue weighted by atomic mass is 16.5. The minimum atomic E-state index is -0.885. The van der Waals surface area contributed by atoms with Crippen LogP contribution in [0.4, 0.5) is 0 Å². The van der Waals surface area contributed by atoms with E-state index in [1.165, 1.54) is 0 Å². The zero-order valence-corrected chi connectivity index (χ0v) is 11.9. The molecule has 1 aromatic rings. The molecule has 1 aromatic carbocycles. The third kappa shape index (κ3) is 5.73. The first-order valence-electron chi connectivity index (χ1n) is 6.72. The van der Waals surface area contributed by atoms with Crippen molar-refractivity contribution >= 4 is 11.9 Å². The van der Waals surface area contributed by atoms with Crippen LogP contribution in [0.3, 0.4) is 0 Å². The predicted molar refractivity (Wildman–Crippen MR) is 75.7 cm³/mol. The quantitative estimate of drug-likeness (QED) is 0.763. The zero-order valence-electron chi connectivity index (χ0n) is 11.9. The molecule has 0 aliphatic carbocycles. The highest BCUT2D eigenvalue weighted by Crippen LogP contribution is 2.12. The highest BCUT2D eigenvalue weighted by molar-refractivity contribution is 5.77. The third-order valence-electron chi connectivity index (χ3n) is 2.98.